The molecule has 0 spiro atoms. The Morgan fingerprint density at radius 3 is 2.42 bits per heavy atom. The van der Waals surface area contributed by atoms with Crippen molar-refractivity contribution < 1.29 is 5.21 Å². The third kappa shape index (κ3) is 1.98. The molecule has 0 aromatic heterocycles. The van der Waals surface area contributed by atoms with Crippen LogP contribution in [-0.2, 0) is 0 Å². The zero-order valence-electron chi connectivity index (χ0n) is 6.79. The number of rotatable bonds is 2. The largest absolute Gasteiger partial charge is 0.411 e. The number of hydrogen-bond acceptors (Lipinski definition) is 2. The van der Waals surface area contributed by atoms with Crippen LogP contribution in [0.1, 0.15) is 18.9 Å². The van der Waals surface area contributed by atoms with Gasteiger partial charge in [0.05, 0.1) is 5.71 Å². The molecule has 0 fully saturated rings. The van der Waals surface area contributed by atoms with Crippen LogP contribution in [0.3, 0.4) is 0 Å². The van der Waals surface area contributed by atoms with E-state index in [1.165, 1.54) is 0 Å². The average molecular weight is 184 g/mol. The maximum Gasteiger partial charge on any atom is 0.0865 e. The Labute approximate surface area is 76.5 Å². The molecular formula is C9H10ClNO. The first-order valence-electron chi connectivity index (χ1n) is 3.74. The van der Waals surface area contributed by atoms with Crippen molar-refractivity contribution in [2.75, 3.05) is 0 Å². The fourth-order valence-electron chi connectivity index (χ4n) is 0.975. The SMILES string of the molecule is CCC(=NO)c1ccc(Cl)cc1. The number of benzene rings is 1. The second kappa shape index (κ2) is 4.12. The van der Waals surface area contributed by atoms with Gasteiger partial charge in [0.25, 0.3) is 0 Å². The van der Waals surface area contributed by atoms with Gasteiger partial charge in [-0.1, -0.05) is 35.8 Å². The van der Waals surface area contributed by atoms with Gasteiger partial charge in [0.2, 0.25) is 0 Å². The lowest BCUT2D eigenvalue weighted by Crippen LogP contribution is -1.97. The van der Waals surface area contributed by atoms with Crippen LogP contribution in [0.4, 0.5) is 0 Å². The first kappa shape index (κ1) is 9.07. The fraction of sp³-hybridized carbons (Fsp3) is 0.222. The summed E-state index contributed by atoms with van der Waals surface area (Å²) in [6.45, 7) is 1.93. The van der Waals surface area contributed by atoms with Gasteiger partial charge >= 0.3 is 0 Å². The molecule has 12 heavy (non-hydrogen) atoms. The van der Waals surface area contributed by atoms with E-state index in [-0.39, 0.29) is 0 Å². The molecule has 0 saturated heterocycles. The molecule has 0 atom stereocenters. The highest BCUT2D eigenvalue weighted by molar-refractivity contribution is 6.30. The summed E-state index contributed by atoms with van der Waals surface area (Å²) in [5, 5.41) is 12.5. The van der Waals surface area contributed by atoms with Gasteiger partial charge in [-0.15, -0.1) is 0 Å². The molecule has 3 heteroatoms. The molecule has 1 N–H and O–H groups in total. The molecule has 0 bridgehead atoms. The molecule has 0 aliphatic carbocycles. The maximum atomic E-state index is 8.60. The van der Waals surface area contributed by atoms with E-state index in [1.54, 1.807) is 12.1 Å². The van der Waals surface area contributed by atoms with Gasteiger partial charge in [0.15, 0.2) is 0 Å². The van der Waals surface area contributed by atoms with E-state index < -0.39 is 0 Å². The minimum atomic E-state index is 0.673. The second-order valence-corrected chi connectivity index (χ2v) is 2.84. The number of nitrogens with zero attached hydrogens (tertiary/aromatic N) is 1. The van der Waals surface area contributed by atoms with Gasteiger partial charge in [-0.3, -0.25) is 0 Å². The summed E-state index contributed by atoms with van der Waals surface area (Å²) in [7, 11) is 0. The van der Waals surface area contributed by atoms with Gasteiger partial charge in [0, 0.05) is 5.02 Å². The summed E-state index contributed by atoms with van der Waals surface area (Å²) in [6.07, 6.45) is 0.706. The quantitative estimate of drug-likeness (QED) is 0.427. The Morgan fingerprint density at radius 1 is 1.42 bits per heavy atom. The van der Waals surface area contributed by atoms with Crippen molar-refractivity contribution in [1.29, 1.82) is 0 Å². The molecule has 0 amide bonds. The van der Waals surface area contributed by atoms with E-state index in [0.717, 1.165) is 5.56 Å². The second-order valence-electron chi connectivity index (χ2n) is 2.41. The summed E-state index contributed by atoms with van der Waals surface area (Å²) in [6, 6.07) is 7.22. The Kier molecular flexibility index (Phi) is 3.11. The summed E-state index contributed by atoms with van der Waals surface area (Å²) < 4.78 is 0. The van der Waals surface area contributed by atoms with E-state index in [0.29, 0.717) is 17.2 Å². The Bertz CT molecular complexity index is 279. The minimum absolute atomic E-state index is 0.673. The number of hydrogen-bond donors (Lipinski definition) is 1. The molecule has 64 valence electrons. The highest BCUT2D eigenvalue weighted by Crippen LogP contribution is 2.11. The van der Waals surface area contributed by atoms with Gasteiger partial charge in [-0.25, -0.2) is 0 Å². The van der Waals surface area contributed by atoms with Crippen molar-refractivity contribution in [2.24, 2.45) is 5.16 Å². The normalized spacial score (nSPS) is 11.7. The molecule has 1 aromatic carbocycles. The van der Waals surface area contributed by atoms with E-state index in [9.17, 15) is 0 Å². The monoisotopic (exact) mass is 183 g/mol. The average Bonchev–Trinajstić information content (AvgIpc) is 2.10. The smallest absolute Gasteiger partial charge is 0.0865 e. The standard InChI is InChI=1S/C9H10ClNO/c1-2-9(11-12)7-3-5-8(10)6-4-7/h3-6,12H,2H2,1H3. The summed E-state index contributed by atoms with van der Waals surface area (Å²) in [5.41, 5.74) is 1.58. The first-order chi connectivity index (χ1) is 5.77. The van der Waals surface area contributed by atoms with Crippen LogP contribution >= 0.6 is 11.6 Å². The van der Waals surface area contributed by atoms with E-state index >= 15 is 0 Å². The molecule has 0 aliphatic rings. The number of halogens is 1. The highest BCUT2D eigenvalue weighted by Gasteiger charge is 1.99. The van der Waals surface area contributed by atoms with Crippen LogP contribution < -0.4 is 0 Å². The lowest BCUT2D eigenvalue weighted by Gasteiger charge is -2.00. The van der Waals surface area contributed by atoms with Crippen LogP contribution in [0, 0.1) is 0 Å². The van der Waals surface area contributed by atoms with Crippen molar-refractivity contribution in [1.82, 2.24) is 0 Å². The summed E-state index contributed by atoms with van der Waals surface area (Å²) in [5.74, 6) is 0. The lowest BCUT2D eigenvalue weighted by atomic mass is 10.1. The molecular weight excluding hydrogens is 174 g/mol. The molecule has 0 heterocycles. The van der Waals surface area contributed by atoms with Crippen LogP contribution in [-0.4, -0.2) is 10.9 Å². The van der Waals surface area contributed by atoms with E-state index in [1.807, 2.05) is 19.1 Å². The van der Waals surface area contributed by atoms with Gasteiger partial charge in [-0.05, 0) is 24.1 Å². The van der Waals surface area contributed by atoms with Gasteiger partial charge in [0.1, 0.15) is 0 Å². The maximum absolute atomic E-state index is 8.60. The topological polar surface area (TPSA) is 32.6 Å². The fourth-order valence-corrected chi connectivity index (χ4v) is 1.10. The van der Waals surface area contributed by atoms with Gasteiger partial charge in [-0.2, -0.15) is 0 Å². The molecule has 0 aliphatic heterocycles. The molecule has 0 saturated carbocycles. The van der Waals surface area contributed by atoms with Crippen molar-refractivity contribution in [3.8, 4) is 0 Å². The van der Waals surface area contributed by atoms with Crippen LogP contribution in [0.25, 0.3) is 0 Å². The molecule has 0 unspecified atom stereocenters. The first-order valence-corrected chi connectivity index (χ1v) is 4.12. The van der Waals surface area contributed by atoms with E-state index in [2.05, 4.69) is 5.16 Å². The zero-order valence-corrected chi connectivity index (χ0v) is 7.54. The third-order valence-electron chi connectivity index (χ3n) is 1.63. The van der Waals surface area contributed by atoms with Crippen molar-refractivity contribution >= 4 is 17.3 Å². The van der Waals surface area contributed by atoms with Gasteiger partial charge < -0.3 is 5.21 Å². The third-order valence-corrected chi connectivity index (χ3v) is 1.89. The molecule has 1 rings (SSSR count). The molecule has 1 aromatic rings. The number of oxime groups is 1. The van der Waals surface area contributed by atoms with Crippen LogP contribution in [0.2, 0.25) is 5.02 Å². The lowest BCUT2D eigenvalue weighted by molar-refractivity contribution is 0.318. The predicted molar refractivity (Wildman–Crippen MR) is 50.1 cm³/mol. The Hall–Kier alpha value is -1.02. The van der Waals surface area contributed by atoms with Crippen molar-refractivity contribution in [2.45, 2.75) is 13.3 Å². The Balaban J connectivity index is 2.96. The van der Waals surface area contributed by atoms with E-state index in [4.69, 9.17) is 16.8 Å². The van der Waals surface area contributed by atoms with Crippen molar-refractivity contribution in [3.05, 3.63) is 34.9 Å². The molecule has 0 radical (unpaired) electrons. The van der Waals surface area contributed by atoms with Crippen LogP contribution in [0.5, 0.6) is 0 Å². The van der Waals surface area contributed by atoms with Crippen LogP contribution in [0.15, 0.2) is 29.4 Å². The minimum Gasteiger partial charge on any atom is -0.411 e. The predicted octanol–water partition coefficient (Wildman–Crippen LogP) is 2.93. The van der Waals surface area contributed by atoms with Crippen molar-refractivity contribution in [3.63, 3.8) is 0 Å². The summed E-state index contributed by atoms with van der Waals surface area (Å²) in [4.78, 5) is 0. The molecule has 2 nitrogen and oxygen atoms in total. The highest BCUT2D eigenvalue weighted by atomic mass is 35.5. The summed E-state index contributed by atoms with van der Waals surface area (Å²) >= 11 is 5.70. The Morgan fingerprint density at radius 2 is 2.00 bits per heavy atom. The zero-order chi connectivity index (χ0) is 8.97.